The molecule has 33 heavy (non-hydrogen) atoms. The summed E-state index contributed by atoms with van der Waals surface area (Å²) >= 11 is 1.57. The van der Waals surface area contributed by atoms with Gasteiger partial charge in [-0.2, -0.15) is 0 Å². The third-order valence-electron chi connectivity index (χ3n) is 5.62. The van der Waals surface area contributed by atoms with Crippen molar-refractivity contribution in [3.63, 3.8) is 0 Å². The lowest BCUT2D eigenvalue weighted by molar-refractivity contribution is -0.125. The average molecular weight is 466 g/mol. The summed E-state index contributed by atoms with van der Waals surface area (Å²) in [5.41, 5.74) is 5.00. The minimum absolute atomic E-state index is 0.106. The van der Waals surface area contributed by atoms with Crippen LogP contribution in [0.25, 0.3) is 11.3 Å². The molecule has 0 saturated carbocycles. The SMILES string of the molecule is COCCc1nc(-c2ccc3c(c2)N(C(C)C(=O)Nc2cc(C)ccc2C)C(=O)CO3)cs1. The van der Waals surface area contributed by atoms with Gasteiger partial charge in [-0.05, 0) is 56.2 Å². The van der Waals surface area contributed by atoms with Crippen LogP contribution in [-0.2, 0) is 20.7 Å². The Balaban J connectivity index is 1.61. The Labute approximate surface area is 197 Å². The average Bonchev–Trinajstić information content (AvgIpc) is 3.28. The summed E-state index contributed by atoms with van der Waals surface area (Å²) in [5, 5.41) is 5.94. The second-order valence-corrected chi connectivity index (χ2v) is 9.03. The number of rotatable bonds is 7. The van der Waals surface area contributed by atoms with Crippen LogP contribution in [0.3, 0.4) is 0 Å². The molecule has 2 amide bonds. The van der Waals surface area contributed by atoms with E-state index in [1.165, 1.54) is 4.90 Å². The van der Waals surface area contributed by atoms with Crippen LogP contribution >= 0.6 is 11.3 Å². The number of aryl methyl sites for hydroxylation is 2. The number of hydrogen-bond acceptors (Lipinski definition) is 6. The summed E-state index contributed by atoms with van der Waals surface area (Å²) in [6.07, 6.45) is 0.745. The number of anilines is 2. The summed E-state index contributed by atoms with van der Waals surface area (Å²) in [5.74, 6) is 0.0488. The first-order chi connectivity index (χ1) is 15.9. The Morgan fingerprint density at radius 1 is 1.27 bits per heavy atom. The zero-order valence-corrected chi connectivity index (χ0v) is 20.0. The van der Waals surface area contributed by atoms with Crippen molar-refractivity contribution < 1.29 is 19.1 Å². The molecule has 0 saturated heterocycles. The molecule has 8 heteroatoms. The van der Waals surface area contributed by atoms with Crippen LogP contribution in [0.2, 0.25) is 0 Å². The number of carbonyl (C=O) groups is 2. The molecule has 1 aliphatic rings. The molecule has 1 aliphatic heterocycles. The molecule has 2 aromatic carbocycles. The van der Waals surface area contributed by atoms with Crippen molar-refractivity contribution in [2.75, 3.05) is 30.5 Å². The fourth-order valence-corrected chi connectivity index (χ4v) is 4.52. The molecule has 0 radical (unpaired) electrons. The van der Waals surface area contributed by atoms with Crippen molar-refractivity contribution in [2.24, 2.45) is 0 Å². The number of aromatic nitrogens is 1. The van der Waals surface area contributed by atoms with Gasteiger partial charge in [-0.15, -0.1) is 11.3 Å². The van der Waals surface area contributed by atoms with Crippen LogP contribution in [0.15, 0.2) is 41.8 Å². The number of thiazole rings is 1. The van der Waals surface area contributed by atoms with Crippen LogP contribution in [0, 0.1) is 13.8 Å². The van der Waals surface area contributed by atoms with Crippen LogP contribution in [-0.4, -0.2) is 43.2 Å². The first-order valence-corrected chi connectivity index (χ1v) is 11.7. The van der Waals surface area contributed by atoms with Crippen molar-refractivity contribution in [2.45, 2.75) is 33.2 Å². The van der Waals surface area contributed by atoms with Crippen molar-refractivity contribution in [1.82, 2.24) is 4.98 Å². The number of carbonyl (C=O) groups excluding carboxylic acids is 2. The first kappa shape index (κ1) is 22.9. The summed E-state index contributed by atoms with van der Waals surface area (Å²) in [6.45, 7) is 6.15. The quantitative estimate of drug-likeness (QED) is 0.561. The van der Waals surface area contributed by atoms with Gasteiger partial charge in [0.05, 0.1) is 23.0 Å². The molecule has 1 atom stereocenters. The number of ether oxygens (including phenoxy) is 2. The zero-order chi connectivity index (χ0) is 23.5. The minimum atomic E-state index is -0.719. The molecule has 172 valence electrons. The van der Waals surface area contributed by atoms with Gasteiger partial charge in [-0.3, -0.25) is 14.5 Å². The Hall–Kier alpha value is -3.23. The maximum absolute atomic E-state index is 13.1. The molecule has 1 unspecified atom stereocenters. The zero-order valence-electron chi connectivity index (χ0n) is 19.2. The predicted octanol–water partition coefficient (Wildman–Crippen LogP) is 4.37. The van der Waals surface area contributed by atoms with Crippen LogP contribution < -0.4 is 15.0 Å². The highest BCUT2D eigenvalue weighted by molar-refractivity contribution is 7.09. The van der Waals surface area contributed by atoms with Crippen LogP contribution in [0.1, 0.15) is 23.1 Å². The van der Waals surface area contributed by atoms with Crippen molar-refractivity contribution in [3.8, 4) is 17.0 Å². The number of amides is 2. The Bertz CT molecular complexity index is 1190. The largest absolute Gasteiger partial charge is 0.482 e. The Kier molecular flexibility index (Phi) is 6.76. The van der Waals surface area contributed by atoms with Crippen molar-refractivity contribution in [1.29, 1.82) is 0 Å². The van der Waals surface area contributed by atoms with Crippen molar-refractivity contribution >= 4 is 34.5 Å². The molecule has 1 N–H and O–H groups in total. The molecule has 7 nitrogen and oxygen atoms in total. The lowest BCUT2D eigenvalue weighted by Gasteiger charge is -2.33. The summed E-state index contributed by atoms with van der Waals surface area (Å²) in [4.78, 5) is 32.2. The molecular formula is C25H27N3O4S. The van der Waals surface area contributed by atoms with E-state index in [1.807, 2.05) is 55.6 Å². The number of benzene rings is 2. The van der Waals surface area contributed by atoms with Gasteiger partial charge in [0.1, 0.15) is 11.8 Å². The lowest BCUT2D eigenvalue weighted by Crippen LogP contribution is -2.49. The van der Waals surface area contributed by atoms with Gasteiger partial charge in [0.2, 0.25) is 5.91 Å². The third kappa shape index (κ3) is 4.91. The predicted molar refractivity (Wildman–Crippen MR) is 130 cm³/mol. The Morgan fingerprint density at radius 2 is 2.09 bits per heavy atom. The third-order valence-corrected chi connectivity index (χ3v) is 6.53. The molecule has 0 fully saturated rings. The smallest absolute Gasteiger partial charge is 0.265 e. The van der Waals surface area contributed by atoms with E-state index in [9.17, 15) is 9.59 Å². The first-order valence-electron chi connectivity index (χ1n) is 10.8. The minimum Gasteiger partial charge on any atom is -0.482 e. The second kappa shape index (κ2) is 9.72. The monoisotopic (exact) mass is 465 g/mol. The van der Waals surface area contributed by atoms with Gasteiger partial charge >= 0.3 is 0 Å². The van der Waals surface area contributed by atoms with E-state index in [0.717, 1.165) is 39.5 Å². The lowest BCUT2D eigenvalue weighted by atomic mass is 10.1. The molecule has 4 rings (SSSR count). The van der Waals surface area contributed by atoms with E-state index >= 15 is 0 Å². The molecule has 0 aliphatic carbocycles. The van der Waals surface area contributed by atoms with E-state index in [2.05, 4.69) is 10.3 Å². The molecule has 0 bridgehead atoms. The second-order valence-electron chi connectivity index (χ2n) is 8.09. The number of methoxy groups -OCH3 is 1. The molecule has 2 heterocycles. The van der Waals surface area contributed by atoms with Crippen LogP contribution in [0.4, 0.5) is 11.4 Å². The van der Waals surface area contributed by atoms with E-state index in [0.29, 0.717) is 18.0 Å². The maximum Gasteiger partial charge on any atom is 0.265 e. The normalized spacial score (nSPS) is 13.9. The van der Waals surface area contributed by atoms with Crippen LogP contribution in [0.5, 0.6) is 5.75 Å². The number of hydrogen-bond donors (Lipinski definition) is 1. The number of nitrogens with one attached hydrogen (secondary N) is 1. The van der Waals surface area contributed by atoms with Gasteiger partial charge in [0.25, 0.3) is 5.91 Å². The molecule has 0 spiro atoms. The highest BCUT2D eigenvalue weighted by Gasteiger charge is 2.33. The van der Waals surface area contributed by atoms with E-state index < -0.39 is 6.04 Å². The van der Waals surface area contributed by atoms with Crippen molar-refractivity contribution in [3.05, 3.63) is 57.9 Å². The summed E-state index contributed by atoms with van der Waals surface area (Å²) in [6, 6.07) is 10.8. The van der Waals surface area contributed by atoms with Gasteiger partial charge < -0.3 is 14.8 Å². The fraction of sp³-hybridized carbons (Fsp3) is 0.320. The number of nitrogens with zero attached hydrogens (tertiary/aromatic N) is 2. The van der Waals surface area contributed by atoms with Gasteiger partial charge in [-0.25, -0.2) is 4.98 Å². The molecular weight excluding hydrogens is 438 g/mol. The Morgan fingerprint density at radius 3 is 2.88 bits per heavy atom. The number of fused-ring (bicyclic) bond motifs is 1. The van der Waals surface area contributed by atoms with Gasteiger partial charge in [-0.1, -0.05) is 12.1 Å². The van der Waals surface area contributed by atoms with E-state index in [4.69, 9.17) is 9.47 Å². The van der Waals surface area contributed by atoms with Gasteiger partial charge in [0, 0.05) is 30.2 Å². The summed E-state index contributed by atoms with van der Waals surface area (Å²) in [7, 11) is 1.67. The topological polar surface area (TPSA) is 80.8 Å². The van der Waals surface area contributed by atoms with E-state index in [-0.39, 0.29) is 18.4 Å². The molecule has 3 aromatic rings. The fourth-order valence-electron chi connectivity index (χ4n) is 3.73. The maximum atomic E-state index is 13.1. The highest BCUT2D eigenvalue weighted by Crippen LogP contribution is 2.37. The van der Waals surface area contributed by atoms with E-state index in [1.54, 1.807) is 25.4 Å². The van der Waals surface area contributed by atoms with Gasteiger partial charge in [0.15, 0.2) is 6.61 Å². The highest BCUT2D eigenvalue weighted by atomic mass is 32.1. The standard InChI is InChI=1S/C25H27N3O4S/c1-15-5-6-16(2)19(11-15)27-25(30)17(3)28-21-12-18(7-8-22(21)32-13-24(28)29)20-14-33-23(26-20)9-10-31-4/h5-8,11-12,14,17H,9-10,13H2,1-4H3,(H,27,30). The summed E-state index contributed by atoms with van der Waals surface area (Å²) < 4.78 is 10.8. The molecule has 1 aromatic heterocycles.